The molecule has 1 aromatic rings. The Morgan fingerprint density at radius 2 is 1.36 bits per heavy atom. The van der Waals surface area contributed by atoms with Crippen molar-refractivity contribution in [3.05, 3.63) is 79.3 Å². The minimum absolute atomic E-state index is 0.105. The molecular formula is C36H50O8. The molecule has 0 heterocycles. The van der Waals surface area contributed by atoms with Crippen LogP contribution in [0.15, 0.2) is 73.7 Å². The van der Waals surface area contributed by atoms with Crippen molar-refractivity contribution in [1.82, 2.24) is 0 Å². The number of carbonyl (C=O) groups excluding carboxylic acids is 3. The first-order valence-corrected chi connectivity index (χ1v) is 16.0. The predicted molar refractivity (Wildman–Crippen MR) is 171 cm³/mol. The van der Waals surface area contributed by atoms with Crippen molar-refractivity contribution in [2.45, 2.75) is 96.5 Å². The fraction of sp³-hybridized carbons (Fsp3) is 0.528. The predicted octanol–water partition coefficient (Wildman–Crippen LogP) is 8.18. The zero-order chi connectivity index (χ0) is 32.0. The van der Waals surface area contributed by atoms with Gasteiger partial charge >= 0.3 is 17.9 Å². The highest BCUT2D eigenvalue weighted by Gasteiger charge is 2.28. The van der Waals surface area contributed by atoms with E-state index in [0.717, 1.165) is 51.4 Å². The minimum atomic E-state index is -0.543. The lowest BCUT2D eigenvalue weighted by atomic mass is 9.87. The van der Waals surface area contributed by atoms with E-state index in [0.29, 0.717) is 44.0 Å². The van der Waals surface area contributed by atoms with Crippen LogP contribution in [0.4, 0.5) is 0 Å². The molecule has 0 unspecified atom stereocenters. The van der Waals surface area contributed by atoms with E-state index in [1.807, 2.05) is 0 Å². The van der Waals surface area contributed by atoms with Crippen LogP contribution in [0.25, 0.3) is 0 Å². The smallest absolute Gasteiger partial charge is 0.343 e. The maximum absolute atomic E-state index is 12.6. The minimum Gasteiger partial charge on any atom is -0.494 e. The molecule has 242 valence electrons. The average Bonchev–Trinajstić information content (AvgIpc) is 3.03. The largest absolute Gasteiger partial charge is 0.494 e. The first-order valence-electron chi connectivity index (χ1n) is 16.0. The standard InChI is InChI=1S/C36H50O8/c1-5-7-8-9-12-25-40-32-21-17-30(18-22-32)35(38)43-28(3)15-16-29(4)44-36(39)31-19-23-33(24-20-31)41-26-13-10-11-14-27-42-34(37)6-2/h6,15-18,21-22,31,33H,2-5,7-14,19-20,23-27H2,1H3/b16-15-. The molecule has 1 fully saturated rings. The molecule has 0 spiro atoms. The Morgan fingerprint density at radius 3 is 2.00 bits per heavy atom. The summed E-state index contributed by atoms with van der Waals surface area (Å²) in [6.45, 7) is 14.8. The molecule has 0 saturated heterocycles. The normalized spacial score (nSPS) is 16.2. The lowest BCUT2D eigenvalue weighted by Gasteiger charge is -2.27. The Balaban J connectivity index is 1.58. The summed E-state index contributed by atoms with van der Waals surface area (Å²) in [5.41, 5.74) is 0.378. The van der Waals surface area contributed by atoms with Crippen LogP contribution in [0.1, 0.15) is 101 Å². The Kier molecular flexibility index (Phi) is 18.2. The van der Waals surface area contributed by atoms with Gasteiger partial charge in [-0.1, -0.05) is 58.8 Å². The van der Waals surface area contributed by atoms with E-state index < -0.39 is 5.97 Å². The van der Waals surface area contributed by atoms with Crippen LogP contribution in [-0.4, -0.2) is 43.8 Å². The summed E-state index contributed by atoms with van der Waals surface area (Å²) in [7, 11) is 0. The van der Waals surface area contributed by atoms with Crippen molar-refractivity contribution in [3.8, 4) is 5.75 Å². The van der Waals surface area contributed by atoms with Gasteiger partial charge in [0.15, 0.2) is 0 Å². The maximum Gasteiger partial charge on any atom is 0.343 e. The molecule has 8 heteroatoms. The van der Waals surface area contributed by atoms with E-state index in [4.69, 9.17) is 23.7 Å². The molecule has 0 bridgehead atoms. The van der Waals surface area contributed by atoms with Crippen LogP contribution >= 0.6 is 0 Å². The molecule has 2 rings (SSSR count). The van der Waals surface area contributed by atoms with Crippen LogP contribution in [0.3, 0.4) is 0 Å². The van der Waals surface area contributed by atoms with Gasteiger partial charge in [-0.25, -0.2) is 9.59 Å². The van der Waals surface area contributed by atoms with Crippen LogP contribution in [0, 0.1) is 5.92 Å². The zero-order valence-corrected chi connectivity index (χ0v) is 26.4. The lowest BCUT2D eigenvalue weighted by molar-refractivity contribution is -0.146. The molecule has 1 aromatic carbocycles. The third kappa shape index (κ3) is 15.7. The van der Waals surface area contributed by atoms with E-state index in [9.17, 15) is 14.4 Å². The molecule has 1 saturated carbocycles. The molecule has 0 radical (unpaired) electrons. The lowest BCUT2D eigenvalue weighted by Crippen LogP contribution is -2.27. The SMILES string of the molecule is C=CC(=O)OCCCCCCOC1CCC(C(=O)OC(=C)/C=C\C(=C)OC(=O)c2ccc(OCCCCCCC)cc2)CC1. The molecule has 0 amide bonds. The molecular weight excluding hydrogens is 560 g/mol. The van der Waals surface area contributed by atoms with E-state index >= 15 is 0 Å². The van der Waals surface area contributed by atoms with Crippen molar-refractivity contribution >= 4 is 17.9 Å². The van der Waals surface area contributed by atoms with Crippen molar-refractivity contribution in [3.63, 3.8) is 0 Å². The highest BCUT2D eigenvalue weighted by atomic mass is 16.5. The number of rotatable bonds is 22. The van der Waals surface area contributed by atoms with Crippen LogP contribution in [0.5, 0.6) is 5.75 Å². The van der Waals surface area contributed by atoms with Gasteiger partial charge in [0.05, 0.1) is 30.8 Å². The van der Waals surface area contributed by atoms with Crippen molar-refractivity contribution in [1.29, 1.82) is 0 Å². The second-order valence-corrected chi connectivity index (χ2v) is 11.0. The molecule has 8 nitrogen and oxygen atoms in total. The Hall–Kier alpha value is -3.65. The molecule has 1 aliphatic rings. The van der Waals surface area contributed by atoms with Gasteiger partial charge in [-0.3, -0.25) is 4.79 Å². The number of carbonyl (C=O) groups is 3. The highest BCUT2D eigenvalue weighted by Crippen LogP contribution is 2.28. The Bertz CT molecular complexity index is 1080. The van der Waals surface area contributed by atoms with Gasteiger partial charge in [0.25, 0.3) is 0 Å². The summed E-state index contributed by atoms with van der Waals surface area (Å²) in [6.07, 6.45) is 16.8. The van der Waals surface area contributed by atoms with Crippen molar-refractivity contribution in [2.75, 3.05) is 19.8 Å². The molecule has 0 atom stereocenters. The van der Waals surface area contributed by atoms with Gasteiger partial charge in [-0.05, 0) is 87.8 Å². The number of allylic oxidation sites excluding steroid dienone is 2. The van der Waals surface area contributed by atoms with Gasteiger partial charge in [-0.15, -0.1) is 0 Å². The van der Waals surface area contributed by atoms with Crippen LogP contribution in [0.2, 0.25) is 0 Å². The maximum atomic E-state index is 12.6. The first-order chi connectivity index (χ1) is 21.3. The molecule has 44 heavy (non-hydrogen) atoms. The average molecular weight is 611 g/mol. The van der Waals surface area contributed by atoms with Crippen LogP contribution in [-0.2, 0) is 28.5 Å². The van der Waals surface area contributed by atoms with Crippen molar-refractivity contribution in [2.24, 2.45) is 5.92 Å². The summed E-state index contributed by atoms with van der Waals surface area (Å²) in [5, 5.41) is 0. The van der Waals surface area contributed by atoms with Crippen molar-refractivity contribution < 1.29 is 38.1 Å². The topological polar surface area (TPSA) is 97.4 Å². The van der Waals surface area contributed by atoms with Gasteiger partial charge in [0, 0.05) is 12.7 Å². The molecule has 1 aliphatic carbocycles. The third-order valence-electron chi connectivity index (χ3n) is 7.33. The molecule has 0 aliphatic heterocycles. The fourth-order valence-electron chi connectivity index (χ4n) is 4.73. The third-order valence-corrected chi connectivity index (χ3v) is 7.33. The Morgan fingerprint density at radius 1 is 0.773 bits per heavy atom. The highest BCUT2D eigenvalue weighted by molar-refractivity contribution is 5.90. The summed E-state index contributed by atoms with van der Waals surface area (Å²) in [5.74, 6) is -0.476. The van der Waals surface area contributed by atoms with Gasteiger partial charge in [0.2, 0.25) is 0 Å². The fourth-order valence-corrected chi connectivity index (χ4v) is 4.73. The zero-order valence-electron chi connectivity index (χ0n) is 26.4. The second-order valence-electron chi connectivity index (χ2n) is 11.0. The van der Waals surface area contributed by atoms with E-state index in [1.165, 1.54) is 37.5 Å². The Labute approximate surface area is 263 Å². The van der Waals surface area contributed by atoms with Gasteiger partial charge in [0.1, 0.15) is 17.3 Å². The second kappa shape index (κ2) is 21.9. The van der Waals surface area contributed by atoms with E-state index in [1.54, 1.807) is 24.3 Å². The number of hydrogen-bond donors (Lipinski definition) is 0. The molecule has 0 N–H and O–H groups in total. The van der Waals surface area contributed by atoms with Gasteiger partial charge in [-0.2, -0.15) is 0 Å². The number of unbranched alkanes of at least 4 members (excludes halogenated alkanes) is 7. The van der Waals surface area contributed by atoms with Crippen LogP contribution < -0.4 is 4.74 Å². The summed E-state index contributed by atoms with van der Waals surface area (Å²) >= 11 is 0. The monoisotopic (exact) mass is 610 g/mol. The quantitative estimate of drug-likeness (QED) is 0.0324. The molecule has 0 aromatic heterocycles. The summed E-state index contributed by atoms with van der Waals surface area (Å²) in [4.78, 5) is 36.1. The van der Waals surface area contributed by atoms with E-state index in [2.05, 4.69) is 26.7 Å². The number of hydrogen-bond acceptors (Lipinski definition) is 8. The summed E-state index contributed by atoms with van der Waals surface area (Å²) in [6, 6.07) is 6.81. The number of esters is 3. The summed E-state index contributed by atoms with van der Waals surface area (Å²) < 4.78 is 27.4. The number of benzene rings is 1. The van der Waals surface area contributed by atoms with E-state index in [-0.39, 0.29) is 35.5 Å². The number of ether oxygens (including phenoxy) is 5. The first kappa shape index (κ1) is 36.5. The van der Waals surface area contributed by atoms with Gasteiger partial charge < -0.3 is 23.7 Å².